The number of rotatable bonds is 5. The first-order valence-electron chi connectivity index (χ1n) is 6.04. The maximum atomic E-state index is 11.0. The zero-order valence-electron chi connectivity index (χ0n) is 11.1. The van der Waals surface area contributed by atoms with Gasteiger partial charge in [-0.3, -0.25) is 4.79 Å². The van der Waals surface area contributed by atoms with Gasteiger partial charge in [0.05, 0.1) is 17.3 Å². The fourth-order valence-corrected chi connectivity index (χ4v) is 2.08. The molecule has 21 heavy (non-hydrogen) atoms. The summed E-state index contributed by atoms with van der Waals surface area (Å²) in [5.41, 5.74) is 6.19. The lowest BCUT2D eigenvalue weighted by atomic mass is 10.2. The van der Waals surface area contributed by atoms with Crippen LogP contribution in [-0.2, 0) is 6.54 Å². The summed E-state index contributed by atoms with van der Waals surface area (Å²) in [6, 6.07) is 6.08. The lowest BCUT2D eigenvalue weighted by molar-refractivity contribution is 0.0694. The zero-order chi connectivity index (χ0) is 15.6. The van der Waals surface area contributed by atoms with Crippen molar-refractivity contribution in [1.82, 2.24) is 0 Å². The van der Waals surface area contributed by atoms with E-state index in [2.05, 4.69) is 5.32 Å². The van der Waals surface area contributed by atoms with Crippen molar-refractivity contribution in [3.05, 3.63) is 51.9 Å². The molecule has 0 saturated heterocycles. The number of hydrogen-bond acceptors (Lipinski definition) is 4. The summed E-state index contributed by atoms with van der Waals surface area (Å²) in [4.78, 5) is 21.9. The maximum Gasteiger partial charge on any atom is 0.339 e. The average molecular weight is 309 g/mol. The molecule has 110 valence electrons. The molecule has 1 aromatic carbocycles. The Morgan fingerprint density at radius 2 is 2.10 bits per heavy atom. The second-order valence-corrected chi connectivity index (χ2v) is 4.81. The normalized spacial score (nSPS) is 10.4. The number of benzene rings is 1. The van der Waals surface area contributed by atoms with E-state index in [-0.39, 0.29) is 12.1 Å². The van der Waals surface area contributed by atoms with E-state index in [0.717, 1.165) is 0 Å². The largest absolute Gasteiger partial charge is 0.478 e. The van der Waals surface area contributed by atoms with Crippen LogP contribution in [0.5, 0.6) is 0 Å². The van der Waals surface area contributed by atoms with Crippen molar-refractivity contribution in [3.63, 3.8) is 0 Å². The summed E-state index contributed by atoms with van der Waals surface area (Å²) in [6.07, 6.45) is 0. The first-order valence-corrected chi connectivity index (χ1v) is 6.42. The molecular formula is C14H13ClN2O4. The Morgan fingerprint density at radius 1 is 1.38 bits per heavy atom. The van der Waals surface area contributed by atoms with Crippen molar-refractivity contribution in [1.29, 1.82) is 0 Å². The van der Waals surface area contributed by atoms with E-state index in [4.69, 9.17) is 26.9 Å². The highest BCUT2D eigenvalue weighted by molar-refractivity contribution is 6.33. The fraction of sp³-hybridized carbons (Fsp3) is 0.143. The monoisotopic (exact) mass is 308 g/mol. The number of hydrogen-bond donors (Lipinski definition) is 3. The smallest absolute Gasteiger partial charge is 0.339 e. The second-order valence-electron chi connectivity index (χ2n) is 4.40. The van der Waals surface area contributed by atoms with Gasteiger partial charge in [-0.15, -0.1) is 0 Å². The Balaban J connectivity index is 2.11. The highest BCUT2D eigenvalue weighted by Gasteiger charge is 2.14. The fourth-order valence-electron chi connectivity index (χ4n) is 1.84. The minimum atomic E-state index is -1.04. The number of carboxylic acids is 1. The van der Waals surface area contributed by atoms with Crippen LogP contribution in [-0.4, -0.2) is 17.0 Å². The Labute approximate surface area is 125 Å². The Bertz CT molecular complexity index is 709. The van der Waals surface area contributed by atoms with Crippen LogP contribution < -0.4 is 11.1 Å². The number of furan rings is 1. The van der Waals surface area contributed by atoms with Crippen LogP contribution in [0.1, 0.15) is 32.2 Å². The molecule has 0 aliphatic carbocycles. The van der Waals surface area contributed by atoms with E-state index < -0.39 is 11.9 Å². The van der Waals surface area contributed by atoms with Crippen molar-refractivity contribution in [2.45, 2.75) is 13.5 Å². The highest BCUT2D eigenvalue weighted by atomic mass is 35.5. The van der Waals surface area contributed by atoms with Crippen LogP contribution in [0.2, 0.25) is 5.02 Å². The Hall–Kier alpha value is -2.47. The Kier molecular flexibility index (Phi) is 4.18. The summed E-state index contributed by atoms with van der Waals surface area (Å²) in [7, 11) is 0. The summed E-state index contributed by atoms with van der Waals surface area (Å²) in [5.74, 6) is -0.781. The average Bonchev–Trinajstić information content (AvgIpc) is 2.78. The van der Waals surface area contributed by atoms with Gasteiger partial charge in [0.1, 0.15) is 17.1 Å². The summed E-state index contributed by atoms with van der Waals surface area (Å²) >= 11 is 6.03. The van der Waals surface area contributed by atoms with Crippen LogP contribution >= 0.6 is 11.6 Å². The van der Waals surface area contributed by atoms with Gasteiger partial charge in [0.25, 0.3) is 0 Å². The number of nitrogens with two attached hydrogens (primary N) is 1. The molecule has 0 aliphatic rings. The number of aryl methyl sites for hydroxylation is 1. The Morgan fingerprint density at radius 3 is 2.62 bits per heavy atom. The molecule has 1 aromatic heterocycles. The van der Waals surface area contributed by atoms with Crippen LogP contribution in [0.15, 0.2) is 28.7 Å². The standard InChI is InChI=1S/C14H13ClN2O4/c1-7-10(14(19)20)5-9(21-7)6-17-12-3-2-8(13(16)18)4-11(12)15/h2-5,17H,6H2,1H3,(H2,16,18)(H,19,20). The van der Waals surface area contributed by atoms with Gasteiger partial charge in [-0.25, -0.2) is 4.79 Å². The molecule has 7 heteroatoms. The van der Waals surface area contributed by atoms with Gasteiger partial charge < -0.3 is 20.6 Å². The molecule has 0 fully saturated rings. The third-order valence-corrected chi connectivity index (χ3v) is 3.22. The molecule has 1 amide bonds. The summed E-state index contributed by atoms with van der Waals surface area (Å²) in [6.45, 7) is 1.85. The molecule has 0 unspecified atom stereocenters. The van der Waals surface area contributed by atoms with Gasteiger partial charge in [-0.2, -0.15) is 0 Å². The quantitative estimate of drug-likeness (QED) is 0.787. The number of amides is 1. The molecule has 0 spiro atoms. The number of anilines is 1. The number of halogens is 1. The maximum absolute atomic E-state index is 11.0. The zero-order valence-corrected chi connectivity index (χ0v) is 11.9. The number of primary amides is 1. The molecule has 6 nitrogen and oxygen atoms in total. The molecular weight excluding hydrogens is 296 g/mol. The minimum absolute atomic E-state index is 0.127. The number of nitrogens with one attached hydrogen (secondary N) is 1. The third-order valence-electron chi connectivity index (χ3n) is 2.91. The number of carboxylic acid groups (broad SMARTS) is 1. The van der Waals surface area contributed by atoms with Gasteiger partial charge >= 0.3 is 5.97 Å². The third kappa shape index (κ3) is 3.35. The SMILES string of the molecule is Cc1oc(CNc2ccc(C(N)=O)cc2Cl)cc1C(=O)O. The number of aromatic carboxylic acids is 1. The highest BCUT2D eigenvalue weighted by Crippen LogP contribution is 2.24. The van der Waals surface area contributed by atoms with Crippen LogP contribution in [0, 0.1) is 6.92 Å². The topological polar surface area (TPSA) is 106 Å². The van der Waals surface area contributed by atoms with E-state index in [1.165, 1.54) is 12.1 Å². The van der Waals surface area contributed by atoms with Gasteiger partial charge in [0.15, 0.2) is 0 Å². The summed E-state index contributed by atoms with van der Waals surface area (Å²) < 4.78 is 5.34. The lowest BCUT2D eigenvalue weighted by Crippen LogP contribution is -2.11. The molecule has 2 rings (SSSR count). The molecule has 0 bridgehead atoms. The van der Waals surface area contributed by atoms with Crippen LogP contribution in [0.3, 0.4) is 0 Å². The molecule has 4 N–H and O–H groups in total. The minimum Gasteiger partial charge on any atom is -0.478 e. The van der Waals surface area contributed by atoms with Crippen molar-refractivity contribution >= 4 is 29.2 Å². The van der Waals surface area contributed by atoms with Gasteiger partial charge in [-0.05, 0) is 31.2 Å². The predicted octanol–water partition coefficient (Wildman–Crippen LogP) is 2.65. The van der Waals surface area contributed by atoms with Crippen molar-refractivity contribution in [3.8, 4) is 0 Å². The van der Waals surface area contributed by atoms with Crippen molar-refractivity contribution in [2.24, 2.45) is 5.73 Å². The molecule has 0 saturated carbocycles. The van der Waals surface area contributed by atoms with E-state index in [9.17, 15) is 9.59 Å². The van der Waals surface area contributed by atoms with Gasteiger partial charge in [-0.1, -0.05) is 11.6 Å². The molecule has 1 heterocycles. The first kappa shape index (κ1) is 14.9. The van der Waals surface area contributed by atoms with Gasteiger partial charge in [0.2, 0.25) is 5.91 Å². The summed E-state index contributed by atoms with van der Waals surface area (Å²) in [5, 5.41) is 12.3. The van der Waals surface area contributed by atoms with Crippen molar-refractivity contribution < 1.29 is 19.1 Å². The first-order chi connectivity index (χ1) is 9.88. The molecule has 0 radical (unpaired) electrons. The van der Waals surface area contributed by atoms with Crippen LogP contribution in [0.4, 0.5) is 5.69 Å². The molecule has 0 atom stereocenters. The van der Waals surface area contributed by atoms with E-state index >= 15 is 0 Å². The molecule has 0 aliphatic heterocycles. The van der Waals surface area contributed by atoms with Crippen molar-refractivity contribution in [2.75, 3.05) is 5.32 Å². The number of carbonyl (C=O) groups is 2. The predicted molar refractivity (Wildman–Crippen MR) is 77.7 cm³/mol. The van der Waals surface area contributed by atoms with E-state index in [1.54, 1.807) is 19.1 Å². The van der Waals surface area contributed by atoms with Gasteiger partial charge in [0, 0.05) is 5.56 Å². The van der Waals surface area contributed by atoms with E-state index in [1.807, 2.05) is 0 Å². The van der Waals surface area contributed by atoms with Crippen LogP contribution in [0.25, 0.3) is 0 Å². The number of carbonyl (C=O) groups excluding carboxylic acids is 1. The lowest BCUT2D eigenvalue weighted by Gasteiger charge is -2.07. The second kappa shape index (κ2) is 5.88. The van der Waals surface area contributed by atoms with E-state index in [0.29, 0.717) is 27.8 Å². The molecule has 2 aromatic rings.